The van der Waals surface area contributed by atoms with Gasteiger partial charge in [0.05, 0.1) is 14.2 Å². The molecular weight excluding hydrogens is 352 g/mol. The highest BCUT2D eigenvalue weighted by Crippen LogP contribution is 2.28. The standard InChI is InChI=1S/C19H26N2O4S/c1-21(2)16-9-7-15(8-10-16)6-5-13-20-26(22,23)19-14-17(24-3)11-12-18(19)25-4/h7-12,14,20H,5-6,13H2,1-4H3. The number of methoxy groups -OCH3 is 2. The van der Waals surface area contributed by atoms with Crippen LogP contribution in [0.3, 0.4) is 0 Å². The van der Waals surface area contributed by atoms with Crippen molar-refractivity contribution in [1.29, 1.82) is 0 Å². The van der Waals surface area contributed by atoms with Crippen LogP contribution in [0.15, 0.2) is 47.4 Å². The number of ether oxygens (including phenoxy) is 2. The number of rotatable bonds is 9. The molecule has 0 unspecified atom stereocenters. The van der Waals surface area contributed by atoms with Crippen LogP contribution in [-0.2, 0) is 16.4 Å². The Hall–Kier alpha value is -2.25. The number of nitrogens with zero attached hydrogens (tertiary/aromatic N) is 1. The predicted octanol–water partition coefficient (Wildman–Crippen LogP) is 2.68. The van der Waals surface area contributed by atoms with Crippen molar-refractivity contribution in [2.75, 3.05) is 39.8 Å². The van der Waals surface area contributed by atoms with Crippen LogP contribution >= 0.6 is 0 Å². The lowest BCUT2D eigenvalue weighted by molar-refractivity contribution is 0.392. The Balaban J connectivity index is 1.96. The number of hydrogen-bond acceptors (Lipinski definition) is 5. The lowest BCUT2D eigenvalue weighted by Crippen LogP contribution is -2.25. The summed E-state index contributed by atoms with van der Waals surface area (Å²) < 4.78 is 38.0. The van der Waals surface area contributed by atoms with Crippen LogP contribution in [0.4, 0.5) is 5.69 Å². The number of benzene rings is 2. The molecule has 0 heterocycles. The van der Waals surface area contributed by atoms with E-state index in [0.29, 0.717) is 18.7 Å². The van der Waals surface area contributed by atoms with Gasteiger partial charge in [-0.05, 0) is 42.7 Å². The van der Waals surface area contributed by atoms with E-state index in [4.69, 9.17) is 9.47 Å². The van der Waals surface area contributed by atoms with Gasteiger partial charge in [0, 0.05) is 32.4 Å². The second-order valence-corrected chi connectivity index (χ2v) is 7.81. The minimum atomic E-state index is -3.67. The van der Waals surface area contributed by atoms with Crippen molar-refractivity contribution in [3.05, 3.63) is 48.0 Å². The smallest absolute Gasteiger partial charge is 0.244 e. The van der Waals surface area contributed by atoms with Gasteiger partial charge in [0.15, 0.2) is 0 Å². The van der Waals surface area contributed by atoms with Gasteiger partial charge in [-0.2, -0.15) is 0 Å². The van der Waals surface area contributed by atoms with Crippen molar-refractivity contribution in [3.63, 3.8) is 0 Å². The van der Waals surface area contributed by atoms with Crippen LogP contribution in [0.5, 0.6) is 11.5 Å². The zero-order valence-electron chi connectivity index (χ0n) is 15.7. The molecule has 142 valence electrons. The molecule has 0 bridgehead atoms. The third-order valence-corrected chi connectivity index (χ3v) is 5.53. The zero-order valence-corrected chi connectivity index (χ0v) is 16.5. The number of anilines is 1. The summed E-state index contributed by atoms with van der Waals surface area (Å²) in [7, 11) is 3.26. The highest BCUT2D eigenvalue weighted by molar-refractivity contribution is 7.89. The topological polar surface area (TPSA) is 67.9 Å². The van der Waals surface area contributed by atoms with E-state index in [9.17, 15) is 8.42 Å². The Morgan fingerprint density at radius 3 is 2.27 bits per heavy atom. The van der Waals surface area contributed by atoms with Crippen molar-refractivity contribution in [2.45, 2.75) is 17.7 Å². The van der Waals surface area contributed by atoms with Gasteiger partial charge in [0.2, 0.25) is 10.0 Å². The number of sulfonamides is 1. The molecule has 2 rings (SSSR count). The maximum absolute atomic E-state index is 12.6. The first-order valence-electron chi connectivity index (χ1n) is 8.35. The molecule has 2 aromatic carbocycles. The van der Waals surface area contributed by atoms with Crippen molar-refractivity contribution < 1.29 is 17.9 Å². The normalized spacial score (nSPS) is 11.2. The molecular formula is C19H26N2O4S. The molecule has 0 aliphatic carbocycles. The molecule has 6 nitrogen and oxygen atoms in total. The fourth-order valence-corrected chi connectivity index (χ4v) is 3.79. The summed E-state index contributed by atoms with van der Waals surface area (Å²) in [5, 5.41) is 0. The van der Waals surface area contributed by atoms with Crippen LogP contribution in [0, 0.1) is 0 Å². The van der Waals surface area contributed by atoms with E-state index in [1.54, 1.807) is 12.1 Å². The highest BCUT2D eigenvalue weighted by Gasteiger charge is 2.20. The molecule has 0 aliphatic heterocycles. The summed E-state index contributed by atoms with van der Waals surface area (Å²) in [6, 6.07) is 12.9. The average Bonchev–Trinajstić information content (AvgIpc) is 2.65. The third kappa shape index (κ3) is 5.12. The molecule has 0 amide bonds. The molecule has 26 heavy (non-hydrogen) atoms. The monoisotopic (exact) mass is 378 g/mol. The predicted molar refractivity (Wildman–Crippen MR) is 104 cm³/mol. The SMILES string of the molecule is COc1ccc(OC)c(S(=O)(=O)NCCCc2ccc(N(C)C)cc2)c1. The van der Waals surface area contributed by atoms with E-state index in [-0.39, 0.29) is 10.6 Å². The molecule has 0 spiro atoms. The van der Waals surface area contributed by atoms with Crippen molar-refractivity contribution >= 4 is 15.7 Å². The fourth-order valence-electron chi connectivity index (χ4n) is 2.53. The third-order valence-electron chi connectivity index (χ3n) is 4.05. The quantitative estimate of drug-likeness (QED) is 0.680. The van der Waals surface area contributed by atoms with Crippen LogP contribution in [0.25, 0.3) is 0 Å². The molecule has 0 aromatic heterocycles. The van der Waals surface area contributed by atoms with Gasteiger partial charge >= 0.3 is 0 Å². The molecule has 1 N–H and O–H groups in total. The molecule has 0 radical (unpaired) electrons. The van der Waals surface area contributed by atoms with E-state index >= 15 is 0 Å². The van der Waals surface area contributed by atoms with E-state index in [1.807, 2.05) is 19.0 Å². The summed E-state index contributed by atoms with van der Waals surface area (Å²) in [5.41, 5.74) is 2.31. The lowest BCUT2D eigenvalue weighted by Gasteiger charge is -2.13. The van der Waals surface area contributed by atoms with Gasteiger partial charge in [0.25, 0.3) is 0 Å². The summed E-state index contributed by atoms with van der Waals surface area (Å²) in [6.07, 6.45) is 1.50. The van der Waals surface area contributed by atoms with E-state index in [1.165, 1.54) is 25.8 Å². The first-order chi connectivity index (χ1) is 12.4. The van der Waals surface area contributed by atoms with Crippen molar-refractivity contribution in [1.82, 2.24) is 4.72 Å². The van der Waals surface area contributed by atoms with Gasteiger partial charge in [-0.25, -0.2) is 13.1 Å². The zero-order chi connectivity index (χ0) is 19.2. The van der Waals surface area contributed by atoms with Gasteiger partial charge in [-0.1, -0.05) is 12.1 Å². The van der Waals surface area contributed by atoms with E-state index in [0.717, 1.165) is 12.1 Å². The summed E-state index contributed by atoms with van der Waals surface area (Å²) in [6.45, 7) is 0.345. The van der Waals surface area contributed by atoms with Gasteiger partial charge < -0.3 is 14.4 Å². The average molecular weight is 378 g/mol. The summed E-state index contributed by atoms with van der Waals surface area (Å²) >= 11 is 0. The van der Waals surface area contributed by atoms with Crippen molar-refractivity contribution in [3.8, 4) is 11.5 Å². The van der Waals surface area contributed by atoms with E-state index in [2.05, 4.69) is 29.0 Å². The second kappa shape index (κ2) is 8.91. The molecule has 7 heteroatoms. The van der Waals surface area contributed by atoms with Gasteiger partial charge in [0.1, 0.15) is 16.4 Å². The van der Waals surface area contributed by atoms with Crippen LogP contribution < -0.4 is 19.1 Å². The van der Waals surface area contributed by atoms with Crippen molar-refractivity contribution in [2.24, 2.45) is 0 Å². The minimum absolute atomic E-state index is 0.0784. The first kappa shape index (κ1) is 20.1. The number of hydrogen-bond donors (Lipinski definition) is 1. The molecule has 0 fully saturated rings. The Morgan fingerprint density at radius 1 is 1.00 bits per heavy atom. The molecule has 0 aliphatic rings. The minimum Gasteiger partial charge on any atom is -0.497 e. The first-order valence-corrected chi connectivity index (χ1v) is 9.83. The molecule has 0 saturated carbocycles. The summed E-state index contributed by atoms with van der Waals surface area (Å²) in [5.74, 6) is 0.754. The lowest BCUT2D eigenvalue weighted by atomic mass is 10.1. The Bertz CT molecular complexity index is 818. The number of nitrogens with one attached hydrogen (secondary N) is 1. The number of aryl methyl sites for hydroxylation is 1. The Labute approximate surface area is 155 Å². The molecule has 0 atom stereocenters. The van der Waals surface area contributed by atoms with E-state index < -0.39 is 10.0 Å². The maximum Gasteiger partial charge on any atom is 0.244 e. The highest BCUT2D eigenvalue weighted by atomic mass is 32.2. The molecule has 2 aromatic rings. The van der Waals surface area contributed by atoms with Crippen LogP contribution in [0.2, 0.25) is 0 Å². The molecule has 0 saturated heterocycles. The summed E-state index contributed by atoms with van der Waals surface area (Å²) in [4.78, 5) is 2.12. The second-order valence-electron chi connectivity index (χ2n) is 6.08. The Kier molecular flexibility index (Phi) is 6.88. The largest absolute Gasteiger partial charge is 0.497 e. The fraction of sp³-hybridized carbons (Fsp3) is 0.368. The Morgan fingerprint density at radius 2 is 1.69 bits per heavy atom. The van der Waals surface area contributed by atoms with Crippen LogP contribution in [-0.4, -0.2) is 43.3 Å². The maximum atomic E-state index is 12.6. The van der Waals surface area contributed by atoms with Crippen LogP contribution in [0.1, 0.15) is 12.0 Å². The van der Waals surface area contributed by atoms with Gasteiger partial charge in [-0.3, -0.25) is 0 Å². The van der Waals surface area contributed by atoms with Gasteiger partial charge in [-0.15, -0.1) is 0 Å².